The molecule has 28 heavy (non-hydrogen) atoms. The van der Waals surface area contributed by atoms with Crippen LogP contribution in [-0.2, 0) is 0 Å². The van der Waals surface area contributed by atoms with Crippen LogP contribution in [-0.4, -0.2) is 31.7 Å². The lowest BCUT2D eigenvalue weighted by Gasteiger charge is -2.17. The van der Waals surface area contributed by atoms with Crippen molar-refractivity contribution in [2.24, 2.45) is 0 Å². The Morgan fingerprint density at radius 1 is 0.964 bits per heavy atom. The van der Waals surface area contributed by atoms with Gasteiger partial charge in [0.1, 0.15) is 0 Å². The molecule has 0 atom stereocenters. The summed E-state index contributed by atoms with van der Waals surface area (Å²) < 4.78 is 16.8. The zero-order valence-electron chi connectivity index (χ0n) is 15.8. The first-order valence-corrected chi connectivity index (χ1v) is 9.17. The molecule has 2 aromatic rings. The Kier molecular flexibility index (Phi) is 7.52. The van der Waals surface area contributed by atoms with Crippen LogP contribution in [0.5, 0.6) is 17.2 Å². The Labute approximate surface area is 168 Å². The Bertz CT molecular complexity index is 841. The van der Waals surface area contributed by atoms with Gasteiger partial charge in [0.15, 0.2) is 11.5 Å². The lowest BCUT2D eigenvalue weighted by atomic mass is 10.1. The lowest BCUT2D eigenvalue weighted by molar-refractivity contribution is -0.255. The number of anilines is 1. The van der Waals surface area contributed by atoms with Gasteiger partial charge < -0.3 is 29.4 Å². The number of halogens is 1. The number of hydrogen-bond donors (Lipinski definition) is 1. The van der Waals surface area contributed by atoms with Crippen LogP contribution >= 0.6 is 11.6 Å². The molecule has 0 aliphatic carbocycles. The highest BCUT2D eigenvalue weighted by Crippen LogP contribution is 2.39. The van der Waals surface area contributed by atoms with Crippen LogP contribution in [0.4, 0.5) is 5.69 Å². The number of nitrogens with one attached hydrogen (secondary N) is 1. The molecule has 1 amide bonds. The van der Waals surface area contributed by atoms with Crippen LogP contribution in [0.2, 0.25) is 5.02 Å². The van der Waals surface area contributed by atoms with Gasteiger partial charge >= 0.3 is 0 Å². The molecule has 0 aliphatic rings. The molecule has 0 unspecified atom stereocenters. The smallest absolute Gasteiger partial charge is 0.255 e. The van der Waals surface area contributed by atoms with E-state index in [9.17, 15) is 14.7 Å². The first-order chi connectivity index (χ1) is 13.4. The fourth-order valence-corrected chi connectivity index (χ4v) is 2.74. The predicted molar refractivity (Wildman–Crippen MR) is 104 cm³/mol. The van der Waals surface area contributed by atoms with Gasteiger partial charge in [-0.05, 0) is 51.1 Å². The molecule has 0 fully saturated rings. The predicted octanol–water partition coefficient (Wildman–Crippen LogP) is 3.15. The highest BCUT2D eigenvalue weighted by molar-refractivity contribution is 6.33. The van der Waals surface area contributed by atoms with Gasteiger partial charge in [0.05, 0.1) is 30.8 Å². The molecule has 0 saturated carbocycles. The van der Waals surface area contributed by atoms with Gasteiger partial charge in [-0.25, -0.2) is 0 Å². The average molecular weight is 407 g/mol. The molecule has 0 heterocycles. The van der Waals surface area contributed by atoms with Crippen LogP contribution < -0.4 is 24.6 Å². The van der Waals surface area contributed by atoms with E-state index >= 15 is 0 Å². The second-order valence-corrected chi connectivity index (χ2v) is 5.94. The molecule has 0 bridgehead atoms. The molecule has 2 rings (SSSR count). The summed E-state index contributed by atoms with van der Waals surface area (Å²) in [6, 6.07) is 7.15. The maximum atomic E-state index is 12.7. The number of carboxylic acids is 1. The SMILES string of the molecule is CCOc1cc(C(=O)Nc2ccc(C(=O)[O-])c(Cl)c2)cc(OCC)c1OCC. The maximum absolute atomic E-state index is 12.7. The van der Waals surface area contributed by atoms with E-state index in [0.29, 0.717) is 42.8 Å². The third-order valence-corrected chi connectivity index (χ3v) is 3.93. The van der Waals surface area contributed by atoms with Crippen molar-refractivity contribution in [1.29, 1.82) is 0 Å². The summed E-state index contributed by atoms with van der Waals surface area (Å²) in [5.74, 6) is -0.611. The molecule has 0 aliphatic heterocycles. The Balaban J connectivity index is 2.36. The van der Waals surface area contributed by atoms with E-state index in [1.807, 2.05) is 20.8 Å². The summed E-state index contributed by atoms with van der Waals surface area (Å²) in [5, 5.41) is 13.6. The standard InChI is InChI=1S/C20H22ClNO6/c1-4-26-16-9-12(10-17(27-5-2)18(16)28-6-3)19(23)22-13-7-8-14(20(24)25)15(21)11-13/h7-11H,4-6H2,1-3H3,(H,22,23)(H,24,25)/p-1. The van der Waals surface area contributed by atoms with E-state index in [2.05, 4.69) is 5.32 Å². The van der Waals surface area contributed by atoms with Gasteiger partial charge in [0.25, 0.3) is 5.91 Å². The van der Waals surface area contributed by atoms with Crippen molar-refractivity contribution in [3.8, 4) is 17.2 Å². The monoisotopic (exact) mass is 406 g/mol. The van der Waals surface area contributed by atoms with Crippen LogP contribution in [0.3, 0.4) is 0 Å². The number of carboxylic acid groups (broad SMARTS) is 1. The van der Waals surface area contributed by atoms with E-state index in [4.69, 9.17) is 25.8 Å². The van der Waals surface area contributed by atoms with Crippen molar-refractivity contribution in [3.63, 3.8) is 0 Å². The Morgan fingerprint density at radius 3 is 2.00 bits per heavy atom. The summed E-state index contributed by atoms with van der Waals surface area (Å²) in [4.78, 5) is 23.6. The fraction of sp³-hybridized carbons (Fsp3) is 0.300. The highest BCUT2D eigenvalue weighted by Gasteiger charge is 2.18. The van der Waals surface area contributed by atoms with Crippen LogP contribution in [0, 0.1) is 0 Å². The minimum atomic E-state index is -1.39. The van der Waals surface area contributed by atoms with Gasteiger partial charge in [-0.1, -0.05) is 11.6 Å². The summed E-state index contributed by atoms with van der Waals surface area (Å²) >= 11 is 5.91. The largest absolute Gasteiger partial charge is 0.545 e. The number of amides is 1. The van der Waals surface area contributed by atoms with Gasteiger partial charge in [0, 0.05) is 16.8 Å². The molecule has 1 N–H and O–H groups in total. The number of hydrogen-bond acceptors (Lipinski definition) is 6. The fourth-order valence-electron chi connectivity index (χ4n) is 2.48. The van der Waals surface area contributed by atoms with Gasteiger partial charge in [-0.3, -0.25) is 4.79 Å². The second kappa shape index (κ2) is 9.85. The minimum absolute atomic E-state index is 0.0329. The number of carbonyl (C=O) groups is 2. The van der Waals surface area contributed by atoms with Crippen LogP contribution in [0.15, 0.2) is 30.3 Å². The molecule has 2 aromatic carbocycles. The summed E-state index contributed by atoms with van der Waals surface area (Å²) in [6.45, 7) is 6.67. The highest BCUT2D eigenvalue weighted by atomic mass is 35.5. The molecule has 7 nitrogen and oxygen atoms in total. The van der Waals surface area contributed by atoms with E-state index in [1.54, 1.807) is 12.1 Å². The number of ether oxygens (including phenoxy) is 3. The maximum Gasteiger partial charge on any atom is 0.255 e. The number of rotatable bonds is 9. The lowest BCUT2D eigenvalue weighted by Crippen LogP contribution is -2.22. The molecular weight excluding hydrogens is 386 g/mol. The van der Waals surface area contributed by atoms with Crippen molar-refractivity contribution in [1.82, 2.24) is 0 Å². The molecule has 0 aromatic heterocycles. The summed E-state index contributed by atoms with van der Waals surface area (Å²) in [5.41, 5.74) is 0.471. The van der Waals surface area contributed by atoms with Crippen LogP contribution in [0.25, 0.3) is 0 Å². The molecule has 8 heteroatoms. The van der Waals surface area contributed by atoms with Crippen molar-refractivity contribution < 1.29 is 28.9 Å². The van der Waals surface area contributed by atoms with Crippen molar-refractivity contribution in [2.75, 3.05) is 25.1 Å². The third kappa shape index (κ3) is 5.07. The Hall–Kier alpha value is -2.93. The summed E-state index contributed by atoms with van der Waals surface area (Å²) in [7, 11) is 0. The quantitative estimate of drug-likeness (QED) is 0.687. The number of benzene rings is 2. The normalized spacial score (nSPS) is 10.3. The van der Waals surface area contributed by atoms with E-state index in [-0.39, 0.29) is 16.1 Å². The van der Waals surface area contributed by atoms with E-state index in [1.165, 1.54) is 18.2 Å². The second-order valence-electron chi connectivity index (χ2n) is 5.54. The van der Waals surface area contributed by atoms with Gasteiger partial charge in [-0.15, -0.1) is 0 Å². The first-order valence-electron chi connectivity index (χ1n) is 8.79. The first kappa shape index (κ1) is 21.4. The van der Waals surface area contributed by atoms with Crippen molar-refractivity contribution >= 4 is 29.2 Å². The average Bonchev–Trinajstić information content (AvgIpc) is 2.64. The number of carbonyl (C=O) groups excluding carboxylic acids is 2. The minimum Gasteiger partial charge on any atom is -0.545 e. The summed E-state index contributed by atoms with van der Waals surface area (Å²) in [6.07, 6.45) is 0. The van der Waals surface area contributed by atoms with Gasteiger partial charge in [-0.2, -0.15) is 0 Å². The molecule has 0 spiro atoms. The zero-order valence-corrected chi connectivity index (χ0v) is 16.6. The number of aromatic carboxylic acids is 1. The molecular formula is C20H21ClNO6-. The van der Waals surface area contributed by atoms with Crippen LogP contribution in [0.1, 0.15) is 41.5 Å². The van der Waals surface area contributed by atoms with Crippen molar-refractivity contribution in [3.05, 3.63) is 46.5 Å². The van der Waals surface area contributed by atoms with Gasteiger partial charge in [0.2, 0.25) is 5.75 Å². The van der Waals surface area contributed by atoms with E-state index < -0.39 is 11.9 Å². The third-order valence-electron chi connectivity index (χ3n) is 3.62. The zero-order chi connectivity index (χ0) is 20.7. The van der Waals surface area contributed by atoms with Crippen molar-refractivity contribution in [2.45, 2.75) is 20.8 Å². The molecule has 0 saturated heterocycles. The Morgan fingerprint density at radius 2 is 1.54 bits per heavy atom. The topological polar surface area (TPSA) is 96.9 Å². The van der Waals surface area contributed by atoms with E-state index in [0.717, 1.165) is 0 Å². The molecule has 150 valence electrons. The molecule has 0 radical (unpaired) electrons.